The molecule has 1 fully saturated rings. The summed E-state index contributed by atoms with van der Waals surface area (Å²) in [6.07, 6.45) is 0.126. The molecule has 5 rings (SSSR count). The summed E-state index contributed by atoms with van der Waals surface area (Å²) in [5, 5.41) is 5.00. The number of anilines is 1. The first-order chi connectivity index (χ1) is 15.6. The quantitative estimate of drug-likeness (QED) is 0.637. The van der Waals surface area contributed by atoms with Gasteiger partial charge in [0.15, 0.2) is 11.5 Å². The van der Waals surface area contributed by atoms with Crippen molar-refractivity contribution in [2.75, 3.05) is 24.7 Å². The molecule has 0 aliphatic carbocycles. The van der Waals surface area contributed by atoms with Gasteiger partial charge in [-0.15, -0.1) is 11.3 Å². The summed E-state index contributed by atoms with van der Waals surface area (Å²) in [5.41, 5.74) is 1.47. The molecule has 3 heterocycles. The fraction of sp³-hybridized carbons (Fsp3) is 0.250. The number of hydrogen-bond acceptors (Lipinski definition) is 5. The Morgan fingerprint density at radius 3 is 2.62 bits per heavy atom. The van der Waals surface area contributed by atoms with Gasteiger partial charge >= 0.3 is 0 Å². The summed E-state index contributed by atoms with van der Waals surface area (Å²) < 4.78 is 24.6. The van der Waals surface area contributed by atoms with E-state index in [2.05, 4.69) is 5.32 Å². The van der Waals surface area contributed by atoms with E-state index in [0.29, 0.717) is 30.4 Å². The molecule has 2 amide bonds. The number of amides is 2. The number of ether oxygens (including phenoxy) is 2. The second kappa shape index (κ2) is 8.63. The number of benzene rings is 2. The van der Waals surface area contributed by atoms with Gasteiger partial charge in [0.05, 0.1) is 12.0 Å². The van der Waals surface area contributed by atoms with Gasteiger partial charge in [-0.2, -0.15) is 0 Å². The zero-order valence-electron chi connectivity index (χ0n) is 17.1. The van der Waals surface area contributed by atoms with Gasteiger partial charge < -0.3 is 19.7 Å². The van der Waals surface area contributed by atoms with E-state index < -0.39 is 12.0 Å². The highest BCUT2D eigenvalue weighted by Crippen LogP contribution is 2.36. The van der Waals surface area contributed by atoms with Crippen molar-refractivity contribution in [3.05, 3.63) is 76.2 Å². The molecule has 6 nitrogen and oxygen atoms in total. The molecule has 1 saturated heterocycles. The van der Waals surface area contributed by atoms with Crippen LogP contribution in [0, 0.1) is 11.7 Å². The highest BCUT2D eigenvalue weighted by Gasteiger charge is 2.36. The maximum absolute atomic E-state index is 13.4. The van der Waals surface area contributed by atoms with Crippen molar-refractivity contribution < 1.29 is 23.5 Å². The van der Waals surface area contributed by atoms with Crippen LogP contribution in [0.25, 0.3) is 0 Å². The Morgan fingerprint density at radius 1 is 1.09 bits per heavy atom. The molecular weight excluding hydrogens is 431 g/mol. The molecule has 0 spiro atoms. The molecule has 2 aliphatic heterocycles. The number of fused-ring (bicyclic) bond motifs is 1. The molecule has 1 N–H and O–H groups in total. The minimum atomic E-state index is -0.487. The van der Waals surface area contributed by atoms with Crippen molar-refractivity contribution in [3.8, 4) is 11.5 Å². The van der Waals surface area contributed by atoms with E-state index in [9.17, 15) is 14.0 Å². The number of nitrogens with one attached hydrogen (secondary N) is 1. The maximum Gasteiger partial charge on any atom is 0.227 e. The van der Waals surface area contributed by atoms with Crippen LogP contribution in [-0.2, 0) is 9.59 Å². The third-order valence-corrected chi connectivity index (χ3v) is 6.59. The van der Waals surface area contributed by atoms with E-state index in [1.54, 1.807) is 35.2 Å². The number of halogens is 1. The van der Waals surface area contributed by atoms with Gasteiger partial charge in [0, 0.05) is 29.6 Å². The monoisotopic (exact) mass is 452 g/mol. The van der Waals surface area contributed by atoms with Crippen LogP contribution in [0.1, 0.15) is 22.9 Å². The molecule has 2 atom stereocenters. The number of rotatable bonds is 5. The van der Waals surface area contributed by atoms with Crippen LogP contribution in [-0.4, -0.2) is 31.6 Å². The first-order valence-electron chi connectivity index (χ1n) is 10.4. The van der Waals surface area contributed by atoms with Gasteiger partial charge in [0.25, 0.3) is 0 Å². The van der Waals surface area contributed by atoms with E-state index in [1.807, 2.05) is 17.5 Å². The molecule has 0 bridgehead atoms. The van der Waals surface area contributed by atoms with E-state index in [-0.39, 0.29) is 30.6 Å². The third-order valence-electron chi connectivity index (χ3n) is 5.65. The molecule has 2 unspecified atom stereocenters. The van der Waals surface area contributed by atoms with Crippen LogP contribution in [0.15, 0.2) is 60.0 Å². The molecule has 2 aliphatic rings. The summed E-state index contributed by atoms with van der Waals surface area (Å²) in [4.78, 5) is 28.4. The predicted octanol–water partition coefficient (Wildman–Crippen LogP) is 3.92. The molecule has 164 valence electrons. The second-order valence-electron chi connectivity index (χ2n) is 7.74. The van der Waals surface area contributed by atoms with Gasteiger partial charge in [-0.1, -0.05) is 18.2 Å². The van der Waals surface area contributed by atoms with Crippen LogP contribution >= 0.6 is 11.3 Å². The van der Waals surface area contributed by atoms with Crippen molar-refractivity contribution in [3.63, 3.8) is 0 Å². The topological polar surface area (TPSA) is 67.9 Å². The maximum atomic E-state index is 13.4. The normalized spacial score (nSPS) is 18.5. The first kappa shape index (κ1) is 20.5. The number of nitrogens with zero attached hydrogens (tertiary/aromatic N) is 1. The molecule has 3 aromatic rings. The largest absolute Gasteiger partial charge is 0.486 e. The highest BCUT2D eigenvalue weighted by molar-refractivity contribution is 7.10. The molecule has 1 aromatic heterocycles. The van der Waals surface area contributed by atoms with Crippen molar-refractivity contribution in [1.29, 1.82) is 0 Å². The Balaban J connectivity index is 1.33. The van der Waals surface area contributed by atoms with Crippen molar-refractivity contribution >= 4 is 28.8 Å². The Labute approximate surface area is 188 Å². The van der Waals surface area contributed by atoms with Crippen LogP contribution < -0.4 is 19.7 Å². The molecule has 32 heavy (non-hydrogen) atoms. The average Bonchev–Trinajstić information content (AvgIpc) is 3.48. The summed E-state index contributed by atoms with van der Waals surface area (Å²) >= 11 is 1.51. The van der Waals surface area contributed by atoms with E-state index in [4.69, 9.17) is 9.47 Å². The summed E-state index contributed by atoms with van der Waals surface area (Å²) in [6, 6.07) is 14.9. The fourth-order valence-corrected chi connectivity index (χ4v) is 4.82. The van der Waals surface area contributed by atoms with Crippen LogP contribution in [0.3, 0.4) is 0 Å². The lowest BCUT2D eigenvalue weighted by molar-refractivity contribution is -0.126. The smallest absolute Gasteiger partial charge is 0.227 e. The fourth-order valence-electron chi connectivity index (χ4n) is 4.02. The Kier molecular flexibility index (Phi) is 5.53. The highest BCUT2D eigenvalue weighted by atomic mass is 32.1. The zero-order chi connectivity index (χ0) is 22.1. The van der Waals surface area contributed by atoms with Gasteiger partial charge in [0.1, 0.15) is 19.0 Å². The number of hydrogen-bond donors (Lipinski definition) is 1. The Hall–Kier alpha value is -3.39. The predicted molar refractivity (Wildman–Crippen MR) is 119 cm³/mol. The minimum absolute atomic E-state index is 0.115. The van der Waals surface area contributed by atoms with Crippen LogP contribution in [0.4, 0.5) is 10.1 Å². The molecule has 8 heteroatoms. The first-order valence-corrected chi connectivity index (χ1v) is 11.3. The van der Waals surface area contributed by atoms with E-state index in [0.717, 1.165) is 10.4 Å². The molecule has 2 aromatic carbocycles. The van der Waals surface area contributed by atoms with Gasteiger partial charge in [-0.3, -0.25) is 9.59 Å². The third kappa shape index (κ3) is 4.05. The summed E-state index contributed by atoms with van der Waals surface area (Å²) in [7, 11) is 0. The van der Waals surface area contributed by atoms with E-state index >= 15 is 0 Å². The number of thiophene rings is 1. The lowest BCUT2D eigenvalue weighted by atomic mass is 10.0. The molecule has 0 radical (unpaired) electrons. The van der Waals surface area contributed by atoms with Crippen molar-refractivity contribution in [1.82, 2.24) is 5.32 Å². The molecule has 0 saturated carbocycles. The summed E-state index contributed by atoms with van der Waals surface area (Å²) in [6.45, 7) is 1.24. The average molecular weight is 453 g/mol. The standard InChI is InChI=1S/C24H21FN2O4S/c25-17-5-3-15(4-6-17)23(21-2-1-11-32-21)26-24(29)16-12-22(28)27(14-16)18-7-8-19-20(13-18)31-10-9-30-19/h1-8,11,13,16,23H,9-10,12,14H2,(H,26,29). The SMILES string of the molecule is O=C(NC(c1ccc(F)cc1)c1cccs1)C1CC(=O)N(c2ccc3c(c2)OCCO3)C1. The van der Waals surface area contributed by atoms with Gasteiger partial charge in [-0.05, 0) is 41.3 Å². The van der Waals surface area contributed by atoms with Crippen LogP contribution in [0.5, 0.6) is 11.5 Å². The summed E-state index contributed by atoms with van der Waals surface area (Å²) in [5.74, 6) is 0.111. The second-order valence-corrected chi connectivity index (χ2v) is 8.72. The zero-order valence-corrected chi connectivity index (χ0v) is 17.9. The van der Waals surface area contributed by atoms with Crippen molar-refractivity contribution in [2.45, 2.75) is 12.5 Å². The Bertz CT molecular complexity index is 1130. The van der Waals surface area contributed by atoms with Crippen LogP contribution in [0.2, 0.25) is 0 Å². The molecular formula is C24H21FN2O4S. The van der Waals surface area contributed by atoms with Gasteiger partial charge in [-0.25, -0.2) is 4.39 Å². The number of carbonyl (C=O) groups is 2. The minimum Gasteiger partial charge on any atom is -0.486 e. The van der Waals surface area contributed by atoms with Crippen molar-refractivity contribution in [2.24, 2.45) is 5.92 Å². The van der Waals surface area contributed by atoms with E-state index in [1.165, 1.54) is 23.5 Å². The lowest BCUT2D eigenvalue weighted by Crippen LogP contribution is -2.35. The Morgan fingerprint density at radius 2 is 1.88 bits per heavy atom. The number of carbonyl (C=O) groups excluding carboxylic acids is 2. The van der Waals surface area contributed by atoms with Gasteiger partial charge in [0.2, 0.25) is 11.8 Å². The lowest BCUT2D eigenvalue weighted by Gasteiger charge is -2.23.